The SMILES string of the molecule is COC(=O)C1(N(C)N(Cc2ccc(OCCN3CCOCC3)c(F)c2F)C(=O)CC(=O)Nc2ccc(C(F)(F)F)cc2-c2cc(C(F)(F)F)ncn2)CCC1. The maximum atomic E-state index is 15.6. The Morgan fingerprint density at radius 1 is 0.964 bits per heavy atom. The van der Waals surface area contributed by atoms with Crippen LogP contribution in [0.15, 0.2) is 42.7 Å². The van der Waals surface area contributed by atoms with Gasteiger partial charge in [-0.2, -0.15) is 30.7 Å². The molecule has 2 aliphatic rings. The maximum Gasteiger partial charge on any atom is 0.433 e. The lowest BCUT2D eigenvalue weighted by Gasteiger charge is -2.49. The number of carbonyl (C=O) groups is 3. The first kappa shape index (κ1) is 41.2. The van der Waals surface area contributed by atoms with Gasteiger partial charge < -0.3 is 19.5 Å². The number of esters is 1. The fraction of sp³-hybridized carbons (Fsp3) is 0.457. The van der Waals surface area contributed by atoms with Crippen molar-refractivity contribution in [3.8, 4) is 17.0 Å². The highest BCUT2D eigenvalue weighted by atomic mass is 19.4. The number of benzene rings is 2. The van der Waals surface area contributed by atoms with Crippen molar-refractivity contribution < 1.29 is 63.7 Å². The van der Waals surface area contributed by atoms with Crippen LogP contribution in [0.2, 0.25) is 0 Å². The van der Waals surface area contributed by atoms with Crippen molar-refractivity contribution in [1.29, 1.82) is 0 Å². The third-order valence-electron chi connectivity index (χ3n) is 9.40. The largest absolute Gasteiger partial charge is 0.489 e. The fourth-order valence-corrected chi connectivity index (χ4v) is 6.15. The molecule has 0 radical (unpaired) electrons. The van der Waals surface area contributed by atoms with E-state index in [-0.39, 0.29) is 30.8 Å². The van der Waals surface area contributed by atoms with Crippen LogP contribution in [0.1, 0.15) is 42.5 Å². The smallest absolute Gasteiger partial charge is 0.433 e. The summed E-state index contributed by atoms with van der Waals surface area (Å²) in [6, 6.07) is 4.56. The summed E-state index contributed by atoms with van der Waals surface area (Å²) < 4.78 is 128. The van der Waals surface area contributed by atoms with Crippen molar-refractivity contribution in [2.45, 2.75) is 50.1 Å². The molecule has 1 saturated heterocycles. The Labute approximate surface area is 309 Å². The average Bonchev–Trinajstić information content (AvgIpc) is 3.12. The lowest BCUT2D eigenvalue weighted by molar-refractivity contribution is -0.189. The number of carbonyl (C=O) groups excluding carboxylic acids is 3. The van der Waals surface area contributed by atoms with Crippen molar-refractivity contribution in [3.05, 3.63) is 71.2 Å². The first-order chi connectivity index (χ1) is 25.9. The van der Waals surface area contributed by atoms with Gasteiger partial charge in [-0.15, -0.1) is 0 Å². The molecule has 1 aliphatic heterocycles. The highest BCUT2D eigenvalue weighted by Gasteiger charge is 2.52. The molecule has 2 heterocycles. The number of alkyl halides is 6. The van der Waals surface area contributed by atoms with E-state index in [1.165, 1.54) is 24.2 Å². The van der Waals surface area contributed by atoms with Crippen LogP contribution in [-0.4, -0.2) is 102 Å². The van der Waals surface area contributed by atoms with Crippen molar-refractivity contribution in [3.63, 3.8) is 0 Å². The molecule has 1 aromatic heterocycles. The van der Waals surface area contributed by atoms with Crippen LogP contribution in [-0.2, 0) is 42.8 Å². The number of anilines is 1. The van der Waals surface area contributed by atoms with Crippen LogP contribution in [0, 0.1) is 11.6 Å². The van der Waals surface area contributed by atoms with Gasteiger partial charge in [0.15, 0.2) is 11.6 Å². The fourth-order valence-electron chi connectivity index (χ4n) is 6.15. The third-order valence-corrected chi connectivity index (χ3v) is 9.40. The predicted molar refractivity (Wildman–Crippen MR) is 177 cm³/mol. The number of morpholine rings is 1. The molecule has 1 aliphatic carbocycles. The Morgan fingerprint density at radius 2 is 1.67 bits per heavy atom. The zero-order chi connectivity index (χ0) is 40.1. The quantitative estimate of drug-likeness (QED) is 0.103. The van der Waals surface area contributed by atoms with Crippen LogP contribution >= 0.6 is 0 Å². The van der Waals surface area contributed by atoms with Crippen LogP contribution in [0.3, 0.4) is 0 Å². The van der Waals surface area contributed by atoms with Crippen molar-refractivity contribution in [1.82, 2.24) is 24.9 Å². The summed E-state index contributed by atoms with van der Waals surface area (Å²) in [5, 5.41) is 4.26. The van der Waals surface area contributed by atoms with E-state index in [2.05, 4.69) is 15.3 Å². The topological polar surface area (TPSA) is 126 Å². The van der Waals surface area contributed by atoms with Crippen molar-refractivity contribution in [2.75, 3.05) is 58.9 Å². The molecule has 1 N–H and O–H groups in total. The minimum absolute atomic E-state index is 0.0428. The maximum absolute atomic E-state index is 15.6. The van der Waals surface area contributed by atoms with E-state index in [1.54, 1.807) is 0 Å². The number of hydrogen-bond donors (Lipinski definition) is 1. The molecule has 55 heavy (non-hydrogen) atoms. The molecule has 2 amide bonds. The molecule has 0 atom stereocenters. The van der Waals surface area contributed by atoms with E-state index in [9.17, 15) is 40.7 Å². The van der Waals surface area contributed by atoms with Gasteiger partial charge in [-0.3, -0.25) is 19.5 Å². The number of hydrogen-bond acceptors (Lipinski definition) is 10. The summed E-state index contributed by atoms with van der Waals surface area (Å²) in [6.45, 7) is 2.15. The molecular formula is C35H36F8N6O6. The van der Waals surface area contributed by atoms with Crippen molar-refractivity contribution >= 4 is 23.5 Å². The van der Waals surface area contributed by atoms with E-state index in [0.717, 1.165) is 18.2 Å². The number of nitrogens with zero attached hydrogens (tertiary/aromatic N) is 5. The van der Waals surface area contributed by atoms with Crippen LogP contribution in [0.4, 0.5) is 40.8 Å². The Hall–Kier alpha value is -4.95. The van der Waals surface area contributed by atoms with Crippen LogP contribution in [0.25, 0.3) is 11.3 Å². The zero-order valence-electron chi connectivity index (χ0n) is 29.5. The minimum atomic E-state index is -4.98. The Balaban J connectivity index is 1.40. The monoisotopic (exact) mass is 788 g/mol. The lowest BCUT2D eigenvalue weighted by atomic mass is 9.76. The highest BCUT2D eigenvalue weighted by molar-refractivity contribution is 6.05. The predicted octanol–water partition coefficient (Wildman–Crippen LogP) is 5.47. The average molecular weight is 789 g/mol. The number of rotatable bonds is 13. The first-order valence-electron chi connectivity index (χ1n) is 16.9. The van der Waals surface area contributed by atoms with Gasteiger partial charge in [0.25, 0.3) is 0 Å². The summed E-state index contributed by atoms with van der Waals surface area (Å²) in [7, 11) is 2.45. The number of nitrogens with one attached hydrogen (secondary N) is 1. The number of amides is 2. The summed E-state index contributed by atoms with van der Waals surface area (Å²) >= 11 is 0. The van der Waals surface area contributed by atoms with E-state index in [0.29, 0.717) is 63.8 Å². The summed E-state index contributed by atoms with van der Waals surface area (Å²) in [4.78, 5) is 48.9. The second-order valence-electron chi connectivity index (χ2n) is 12.8. The molecule has 0 bridgehead atoms. The van der Waals surface area contributed by atoms with Gasteiger partial charge in [0, 0.05) is 37.8 Å². The molecule has 1 saturated carbocycles. The number of halogens is 8. The molecular weight excluding hydrogens is 752 g/mol. The number of likely N-dealkylation sites (N-methyl/N-ethyl adjacent to an activating group) is 1. The van der Waals surface area contributed by atoms with Gasteiger partial charge in [0.1, 0.15) is 30.6 Å². The number of methoxy groups -OCH3 is 1. The Kier molecular flexibility index (Phi) is 12.6. The van der Waals surface area contributed by atoms with E-state index >= 15 is 8.78 Å². The van der Waals surface area contributed by atoms with E-state index < -0.39 is 88.5 Å². The second-order valence-corrected chi connectivity index (χ2v) is 12.8. The van der Waals surface area contributed by atoms with E-state index in [4.69, 9.17) is 14.2 Å². The van der Waals surface area contributed by atoms with Gasteiger partial charge >= 0.3 is 18.3 Å². The molecule has 3 aromatic rings. The normalized spacial score (nSPS) is 16.0. The second kappa shape index (κ2) is 16.8. The minimum Gasteiger partial charge on any atom is -0.489 e. The summed E-state index contributed by atoms with van der Waals surface area (Å²) in [6.07, 6.45) is -9.54. The first-order valence-corrected chi connectivity index (χ1v) is 16.9. The molecule has 20 heteroatoms. The zero-order valence-corrected chi connectivity index (χ0v) is 29.5. The van der Waals surface area contributed by atoms with Gasteiger partial charge in [0.2, 0.25) is 17.6 Å². The molecule has 5 rings (SSSR count). The van der Waals surface area contributed by atoms with Gasteiger partial charge in [-0.25, -0.2) is 24.2 Å². The number of ether oxygens (including phenoxy) is 3. The van der Waals surface area contributed by atoms with Crippen LogP contribution < -0.4 is 10.1 Å². The third kappa shape index (κ3) is 9.48. The molecule has 0 unspecified atom stereocenters. The van der Waals surface area contributed by atoms with Gasteiger partial charge in [0.05, 0.1) is 43.8 Å². The molecule has 2 fully saturated rings. The Bertz CT molecular complexity index is 1880. The number of hydrazine groups is 1. The van der Waals surface area contributed by atoms with Gasteiger partial charge in [-0.1, -0.05) is 6.07 Å². The summed E-state index contributed by atoms with van der Waals surface area (Å²) in [5.74, 6) is -6.04. The standard InChI is InChI=1S/C35H36F8N6O6/c1-47(33(8-3-9-33)32(52)53-2)49(19-21-4-7-26(31(37)30(21)36)55-15-12-48-10-13-54-14-11-48)29(51)18-28(50)46-24-6-5-22(34(38,39)40)16-23(24)25-17-27(35(41,42)43)45-20-44-25/h4-7,16-17,20H,3,8-15,18-19H2,1-2H3,(H,46,50). The molecule has 0 spiro atoms. The number of aromatic nitrogens is 2. The van der Waals surface area contributed by atoms with Gasteiger partial charge in [-0.05, 0) is 49.6 Å². The summed E-state index contributed by atoms with van der Waals surface area (Å²) in [5.41, 5.74) is -6.12. The molecule has 2 aromatic carbocycles. The molecule has 12 nitrogen and oxygen atoms in total. The lowest BCUT2D eigenvalue weighted by Crippen LogP contribution is -2.64. The highest BCUT2D eigenvalue weighted by Crippen LogP contribution is 2.40. The Morgan fingerprint density at radius 3 is 2.29 bits per heavy atom. The van der Waals surface area contributed by atoms with E-state index in [1.807, 2.05) is 4.90 Å². The molecule has 298 valence electrons. The van der Waals surface area contributed by atoms with Crippen LogP contribution in [0.5, 0.6) is 5.75 Å². The van der Waals surface area contributed by atoms with Crippen molar-refractivity contribution in [2.24, 2.45) is 0 Å².